The van der Waals surface area contributed by atoms with Gasteiger partial charge in [0.15, 0.2) is 0 Å². The second-order valence-electron chi connectivity index (χ2n) is 5.64. The Balaban J connectivity index is 2.04. The fraction of sp³-hybridized carbons (Fsp3) is 0.833. The molecule has 0 bridgehead atoms. The maximum absolute atomic E-state index is 12.9. The van der Waals surface area contributed by atoms with Crippen molar-refractivity contribution in [2.75, 3.05) is 26.2 Å². The van der Waals surface area contributed by atoms with Crippen LogP contribution >= 0.6 is 0 Å². The lowest BCUT2D eigenvalue weighted by atomic mass is 10.0. The molecule has 2 saturated heterocycles. The van der Waals surface area contributed by atoms with Crippen LogP contribution in [0.3, 0.4) is 0 Å². The van der Waals surface area contributed by atoms with Gasteiger partial charge in [-0.3, -0.25) is 4.90 Å². The van der Waals surface area contributed by atoms with Crippen molar-refractivity contribution in [3.05, 3.63) is 0 Å². The number of rotatable bonds is 2. The molecule has 2 unspecified atom stereocenters. The first-order valence-electron chi connectivity index (χ1n) is 6.76. The molecule has 120 valence electrons. The van der Waals surface area contributed by atoms with Gasteiger partial charge >= 0.3 is 18.2 Å². The van der Waals surface area contributed by atoms with Crippen LogP contribution in [-0.4, -0.2) is 70.8 Å². The van der Waals surface area contributed by atoms with Crippen LogP contribution in [-0.2, 0) is 4.79 Å². The lowest BCUT2D eigenvalue weighted by molar-refractivity contribution is -0.203. The fourth-order valence-electron chi connectivity index (χ4n) is 2.71. The number of nitrogens with zero attached hydrogens (tertiary/aromatic N) is 2. The van der Waals surface area contributed by atoms with Gasteiger partial charge in [0.05, 0.1) is 0 Å². The number of carboxylic acids is 1. The Morgan fingerprint density at radius 2 is 1.90 bits per heavy atom. The van der Waals surface area contributed by atoms with Gasteiger partial charge in [0.1, 0.15) is 0 Å². The summed E-state index contributed by atoms with van der Waals surface area (Å²) >= 11 is 0. The Bertz CT molecular complexity index is 443. The Labute approximate surface area is 119 Å². The molecule has 2 rings (SSSR count). The van der Waals surface area contributed by atoms with Gasteiger partial charge in [-0.05, 0) is 26.3 Å². The minimum atomic E-state index is -5.07. The Hall–Kier alpha value is -1.51. The Kier molecular flexibility index (Phi) is 4.05. The van der Waals surface area contributed by atoms with E-state index in [2.05, 4.69) is 4.90 Å². The molecule has 2 fully saturated rings. The van der Waals surface area contributed by atoms with Crippen molar-refractivity contribution in [1.29, 1.82) is 0 Å². The number of aliphatic carboxylic acids is 1. The highest BCUT2D eigenvalue weighted by Gasteiger charge is 2.59. The van der Waals surface area contributed by atoms with E-state index in [1.165, 1.54) is 4.90 Å². The molecule has 0 aliphatic carbocycles. The average molecular weight is 309 g/mol. The topological polar surface area (TPSA) is 72.9 Å². The van der Waals surface area contributed by atoms with E-state index in [0.717, 1.165) is 19.4 Å². The van der Waals surface area contributed by atoms with Gasteiger partial charge in [-0.2, -0.15) is 13.2 Å². The standard InChI is InChI=1S/C12H18F3N3O3/c1-11(9(19)20,12(13,14)15)16-10(21)18-6-5-17-4-2-3-8(17)7-18/h8H,2-7H2,1H3,(H,16,21)(H,19,20). The highest BCUT2D eigenvalue weighted by atomic mass is 19.4. The second kappa shape index (κ2) is 5.36. The van der Waals surface area contributed by atoms with Crippen LogP contribution in [0.15, 0.2) is 0 Å². The molecule has 0 aromatic heterocycles. The van der Waals surface area contributed by atoms with Crippen molar-refractivity contribution >= 4 is 12.0 Å². The number of nitrogens with one attached hydrogen (secondary N) is 1. The number of carboxylic acid groups (broad SMARTS) is 1. The maximum atomic E-state index is 12.9. The van der Waals surface area contributed by atoms with Gasteiger partial charge in [0.25, 0.3) is 0 Å². The first kappa shape index (κ1) is 15.9. The summed E-state index contributed by atoms with van der Waals surface area (Å²) in [5, 5.41) is 10.4. The van der Waals surface area contributed by atoms with Crippen LogP contribution in [0.5, 0.6) is 0 Å². The van der Waals surface area contributed by atoms with Gasteiger partial charge in [-0.1, -0.05) is 0 Å². The zero-order valence-electron chi connectivity index (χ0n) is 11.6. The summed E-state index contributed by atoms with van der Waals surface area (Å²) in [6.07, 6.45) is -3.15. The normalized spacial score (nSPS) is 26.1. The number of fused-ring (bicyclic) bond motifs is 1. The number of carbonyl (C=O) groups is 2. The van der Waals surface area contributed by atoms with Crippen molar-refractivity contribution in [2.45, 2.75) is 37.5 Å². The van der Waals surface area contributed by atoms with Crippen molar-refractivity contribution < 1.29 is 27.9 Å². The maximum Gasteiger partial charge on any atom is 0.422 e. The highest BCUT2D eigenvalue weighted by Crippen LogP contribution is 2.31. The van der Waals surface area contributed by atoms with Crippen LogP contribution in [0.1, 0.15) is 19.8 Å². The summed E-state index contributed by atoms with van der Waals surface area (Å²) in [6.45, 7) is 2.64. The van der Waals surface area contributed by atoms with E-state index >= 15 is 0 Å². The Morgan fingerprint density at radius 3 is 2.48 bits per heavy atom. The van der Waals surface area contributed by atoms with Gasteiger partial charge in [-0.25, -0.2) is 9.59 Å². The molecule has 0 saturated carbocycles. The number of piperazine rings is 1. The monoisotopic (exact) mass is 309 g/mol. The van der Waals surface area contributed by atoms with E-state index in [-0.39, 0.29) is 6.04 Å². The van der Waals surface area contributed by atoms with E-state index in [1.54, 1.807) is 5.32 Å². The molecular weight excluding hydrogens is 291 g/mol. The summed E-state index contributed by atoms with van der Waals surface area (Å²) in [5.74, 6) is -2.12. The number of hydrogen-bond acceptors (Lipinski definition) is 3. The molecule has 0 aromatic carbocycles. The SMILES string of the molecule is CC(NC(=O)N1CCN2CCCC2C1)(C(=O)O)C(F)(F)F. The number of amides is 2. The predicted molar refractivity (Wildman–Crippen MR) is 66.8 cm³/mol. The van der Waals surface area contributed by atoms with Crippen LogP contribution in [0.4, 0.5) is 18.0 Å². The van der Waals surface area contributed by atoms with Crippen LogP contribution in [0.25, 0.3) is 0 Å². The molecule has 2 atom stereocenters. The van der Waals surface area contributed by atoms with Crippen molar-refractivity contribution in [3.8, 4) is 0 Å². The van der Waals surface area contributed by atoms with Gasteiger partial charge < -0.3 is 15.3 Å². The zero-order chi connectivity index (χ0) is 15.8. The summed E-state index contributed by atoms with van der Waals surface area (Å²) in [5.41, 5.74) is -3.28. The van der Waals surface area contributed by atoms with Crippen LogP contribution < -0.4 is 5.32 Å². The quantitative estimate of drug-likeness (QED) is 0.794. The first-order chi connectivity index (χ1) is 9.65. The molecule has 2 aliphatic rings. The summed E-state index contributed by atoms with van der Waals surface area (Å²) < 4.78 is 38.6. The molecule has 6 nitrogen and oxygen atoms in total. The zero-order valence-corrected chi connectivity index (χ0v) is 11.6. The molecular formula is C12H18F3N3O3. The fourth-order valence-corrected chi connectivity index (χ4v) is 2.71. The molecule has 2 aliphatic heterocycles. The van der Waals surface area contributed by atoms with Gasteiger partial charge in [-0.15, -0.1) is 0 Å². The van der Waals surface area contributed by atoms with Gasteiger partial charge in [0.2, 0.25) is 5.54 Å². The number of alkyl halides is 3. The minimum Gasteiger partial charge on any atom is -0.479 e. The van der Waals surface area contributed by atoms with E-state index < -0.39 is 23.7 Å². The van der Waals surface area contributed by atoms with Crippen LogP contribution in [0, 0.1) is 0 Å². The minimum absolute atomic E-state index is 0.159. The third kappa shape index (κ3) is 2.92. The molecule has 0 radical (unpaired) electrons. The second-order valence-corrected chi connectivity index (χ2v) is 5.64. The van der Waals surface area contributed by atoms with Crippen molar-refractivity contribution in [1.82, 2.24) is 15.1 Å². The number of halogens is 3. The van der Waals surface area contributed by atoms with Crippen molar-refractivity contribution in [2.24, 2.45) is 0 Å². The molecule has 2 heterocycles. The summed E-state index contributed by atoms with van der Waals surface area (Å²) in [4.78, 5) is 26.4. The molecule has 0 spiro atoms. The predicted octanol–water partition coefficient (Wildman–Crippen LogP) is 0.882. The molecule has 2 N–H and O–H groups in total. The van der Waals surface area contributed by atoms with E-state index in [0.29, 0.717) is 26.6 Å². The molecule has 9 heteroatoms. The Morgan fingerprint density at radius 1 is 1.24 bits per heavy atom. The third-order valence-electron chi connectivity index (χ3n) is 4.23. The molecule has 0 aromatic rings. The first-order valence-corrected chi connectivity index (χ1v) is 6.76. The van der Waals surface area contributed by atoms with E-state index in [9.17, 15) is 22.8 Å². The lowest BCUT2D eigenvalue weighted by Gasteiger charge is -2.39. The number of urea groups is 1. The number of carbonyl (C=O) groups excluding carboxylic acids is 1. The number of hydrogen-bond donors (Lipinski definition) is 2. The van der Waals surface area contributed by atoms with E-state index in [1.807, 2.05) is 0 Å². The molecule has 2 amide bonds. The molecule has 21 heavy (non-hydrogen) atoms. The van der Waals surface area contributed by atoms with Gasteiger partial charge in [0, 0.05) is 25.7 Å². The van der Waals surface area contributed by atoms with Crippen molar-refractivity contribution in [3.63, 3.8) is 0 Å². The highest BCUT2D eigenvalue weighted by molar-refractivity contribution is 5.86. The van der Waals surface area contributed by atoms with E-state index in [4.69, 9.17) is 5.11 Å². The largest absolute Gasteiger partial charge is 0.479 e. The summed E-state index contributed by atoms with van der Waals surface area (Å²) in [6, 6.07) is -0.824. The van der Waals surface area contributed by atoms with Crippen LogP contribution in [0.2, 0.25) is 0 Å². The average Bonchev–Trinajstić information content (AvgIpc) is 2.83. The summed E-state index contributed by atoms with van der Waals surface area (Å²) in [7, 11) is 0. The lowest BCUT2D eigenvalue weighted by Crippen LogP contribution is -2.65. The third-order valence-corrected chi connectivity index (χ3v) is 4.23. The smallest absolute Gasteiger partial charge is 0.422 e.